The Kier molecular flexibility index (Phi) is 5.52. The Bertz CT molecular complexity index is 496. The second kappa shape index (κ2) is 7.38. The van der Waals surface area contributed by atoms with Gasteiger partial charge in [-0.25, -0.2) is 0 Å². The second-order valence-corrected chi connectivity index (χ2v) is 5.74. The number of rotatable bonds is 5. The first kappa shape index (κ1) is 15.7. The topological polar surface area (TPSA) is 67.6 Å². The maximum atomic E-state index is 12.2. The van der Waals surface area contributed by atoms with Gasteiger partial charge in [-0.15, -0.1) is 0 Å². The van der Waals surface area contributed by atoms with Crippen LogP contribution < -0.4 is 15.8 Å². The molecule has 21 heavy (non-hydrogen) atoms. The van der Waals surface area contributed by atoms with E-state index in [0.29, 0.717) is 17.1 Å². The minimum atomic E-state index is -0.0366. The van der Waals surface area contributed by atoms with Crippen LogP contribution in [0.4, 0.5) is 0 Å². The molecule has 1 aliphatic rings. The summed E-state index contributed by atoms with van der Waals surface area (Å²) < 4.78 is 5.08. The van der Waals surface area contributed by atoms with Gasteiger partial charge in [0.2, 0.25) is 0 Å². The number of hydrogen-bond donors (Lipinski definition) is 2. The highest BCUT2D eigenvalue weighted by Crippen LogP contribution is 2.13. The molecule has 0 atom stereocenters. The van der Waals surface area contributed by atoms with Gasteiger partial charge in [-0.2, -0.15) is 0 Å². The van der Waals surface area contributed by atoms with Gasteiger partial charge < -0.3 is 15.8 Å². The first-order chi connectivity index (χ1) is 10.1. The van der Waals surface area contributed by atoms with E-state index in [1.807, 2.05) is 0 Å². The van der Waals surface area contributed by atoms with Crippen LogP contribution in [0.2, 0.25) is 0 Å². The molecule has 1 aliphatic heterocycles. The average Bonchev–Trinajstić information content (AvgIpc) is 2.49. The van der Waals surface area contributed by atoms with E-state index in [-0.39, 0.29) is 11.9 Å². The van der Waals surface area contributed by atoms with Gasteiger partial charge in [-0.1, -0.05) is 12.2 Å². The van der Waals surface area contributed by atoms with Gasteiger partial charge in [-0.3, -0.25) is 9.69 Å². The van der Waals surface area contributed by atoms with Crippen LogP contribution in [0, 0.1) is 0 Å². The van der Waals surface area contributed by atoms with E-state index in [9.17, 15) is 4.79 Å². The maximum Gasteiger partial charge on any atom is 0.251 e. The lowest BCUT2D eigenvalue weighted by molar-refractivity contribution is 0.0915. The van der Waals surface area contributed by atoms with Gasteiger partial charge in [0.15, 0.2) is 0 Å². The Hall–Kier alpha value is -1.66. The molecule has 1 saturated heterocycles. The first-order valence-electron chi connectivity index (χ1n) is 7.04. The zero-order chi connectivity index (χ0) is 15.2. The molecule has 1 heterocycles. The predicted octanol–water partition coefficient (Wildman–Crippen LogP) is 1.18. The van der Waals surface area contributed by atoms with E-state index in [1.54, 1.807) is 31.4 Å². The number of thiocarbonyl (C=S) groups is 1. The summed E-state index contributed by atoms with van der Waals surface area (Å²) in [6.07, 6.45) is 1.84. The Morgan fingerprint density at radius 2 is 2.00 bits per heavy atom. The largest absolute Gasteiger partial charge is 0.497 e. The maximum absolute atomic E-state index is 12.2. The lowest BCUT2D eigenvalue weighted by Crippen LogP contribution is -2.46. The molecule has 1 aromatic carbocycles. The Morgan fingerprint density at radius 1 is 1.38 bits per heavy atom. The van der Waals surface area contributed by atoms with Crippen molar-refractivity contribution in [2.45, 2.75) is 18.9 Å². The Morgan fingerprint density at radius 3 is 2.52 bits per heavy atom. The zero-order valence-corrected chi connectivity index (χ0v) is 13.0. The number of methoxy groups -OCH3 is 1. The van der Waals surface area contributed by atoms with Crippen molar-refractivity contribution in [2.75, 3.05) is 26.7 Å². The van der Waals surface area contributed by atoms with Crippen LogP contribution in [0.5, 0.6) is 5.75 Å². The predicted molar refractivity (Wildman–Crippen MR) is 86.7 cm³/mol. The highest BCUT2D eigenvalue weighted by Gasteiger charge is 2.21. The molecule has 6 heteroatoms. The van der Waals surface area contributed by atoms with Gasteiger partial charge in [-0.05, 0) is 37.1 Å². The summed E-state index contributed by atoms with van der Waals surface area (Å²) in [5, 5.41) is 3.08. The Labute approximate surface area is 130 Å². The number of benzene rings is 1. The van der Waals surface area contributed by atoms with E-state index in [1.165, 1.54) is 0 Å². The second-order valence-electron chi connectivity index (χ2n) is 5.22. The number of carbonyl (C=O) groups excluding carboxylic acids is 1. The minimum absolute atomic E-state index is 0.0366. The van der Waals surface area contributed by atoms with E-state index < -0.39 is 0 Å². The molecule has 2 rings (SSSR count). The van der Waals surface area contributed by atoms with E-state index in [0.717, 1.165) is 31.7 Å². The van der Waals surface area contributed by atoms with Crippen LogP contribution in [-0.2, 0) is 0 Å². The third-order valence-corrected chi connectivity index (χ3v) is 3.78. The van der Waals surface area contributed by atoms with Gasteiger partial charge in [0.1, 0.15) is 5.75 Å². The number of nitrogens with two attached hydrogens (primary N) is 1. The third kappa shape index (κ3) is 4.68. The van der Waals surface area contributed by atoms with Crippen molar-refractivity contribution in [1.29, 1.82) is 0 Å². The number of amides is 1. The molecule has 0 bridgehead atoms. The smallest absolute Gasteiger partial charge is 0.251 e. The summed E-state index contributed by atoms with van der Waals surface area (Å²) in [5.41, 5.74) is 6.20. The molecule has 114 valence electrons. The molecule has 0 unspecified atom stereocenters. The van der Waals surface area contributed by atoms with E-state index >= 15 is 0 Å². The van der Waals surface area contributed by atoms with Crippen molar-refractivity contribution in [2.24, 2.45) is 5.73 Å². The number of ether oxygens (including phenoxy) is 1. The molecule has 1 aromatic rings. The highest BCUT2D eigenvalue weighted by molar-refractivity contribution is 7.80. The van der Waals surface area contributed by atoms with Crippen LogP contribution in [-0.4, -0.2) is 48.6 Å². The number of carbonyl (C=O) groups is 1. The van der Waals surface area contributed by atoms with Crippen LogP contribution in [0.3, 0.4) is 0 Å². The first-order valence-corrected chi connectivity index (χ1v) is 7.45. The zero-order valence-electron chi connectivity index (χ0n) is 12.2. The van der Waals surface area contributed by atoms with Crippen molar-refractivity contribution in [3.8, 4) is 5.75 Å². The van der Waals surface area contributed by atoms with Crippen molar-refractivity contribution in [1.82, 2.24) is 10.2 Å². The standard InChI is InChI=1S/C15H21N3O2S/c1-20-13-4-2-11(3-5-13)15(19)17-12-6-8-18(9-7-12)10-14(16)21/h2-5,12H,6-10H2,1H3,(H2,16,21)(H,17,19). The number of likely N-dealkylation sites (tertiary alicyclic amines) is 1. The lowest BCUT2D eigenvalue weighted by Gasteiger charge is -2.31. The molecular weight excluding hydrogens is 286 g/mol. The summed E-state index contributed by atoms with van der Waals surface area (Å²) >= 11 is 4.92. The fourth-order valence-corrected chi connectivity index (χ4v) is 2.65. The van der Waals surface area contributed by atoms with Crippen LogP contribution >= 0.6 is 12.2 Å². The van der Waals surface area contributed by atoms with Gasteiger partial charge in [0, 0.05) is 31.2 Å². The lowest BCUT2D eigenvalue weighted by atomic mass is 10.0. The number of nitrogens with zero attached hydrogens (tertiary/aromatic N) is 1. The minimum Gasteiger partial charge on any atom is -0.497 e. The average molecular weight is 307 g/mol. The molecular formula is C15H21N3O2S. The fourth-order valence-electron chi connectivity index (χ4n) is 2.47. The van der Waals surface area contributed by atoms with Crippen molar-refractivity contribution in [3.05, 3.63) is 29.8 Å². The molecule has 1 fully saturated rings. The van der Waals surface area contributed by atoms with Crippen LogP contribution in [0.25, 0.3) is 0 Å². The number of hydrogen-bond acceptors (Lipinski definition) is 4. The summed E-state index contributed by atoms with van der Waals surface area (Å²) in [7, 11) is 1.61. The Balaban J connectivity index is 1.82. The van der Waals surface area contributed by atoms with Gasteiger partial charge in [0.05, 0.1) is 12.1 Å². The molecule has 0 aliphatic carbocycles. The normalized spacial score (nSPS) is 16.4. The van der Waals surface area contributed by atoms with E-state index in [2.05, 4.69) is 10.2 Å². The monoisotopic (exact) mass is 307 g/mol. The van der Waals surface area contributed by atoms with Crippen molar-refractivity contribution >= 4 is 23.1 Å². The summed E-state index contributed by atoms with van der Waals surface area (Å²) in [6.45, 7) is 2.48. The molecule has 1 amide bonds. The summed E-state index contributed by atoms with van der Waals surface area (Å²) in [6, 6.07) is 7.34. The quantitative estimate of drug-likeness (QED) is 0.800. The number of nitrogens with one attached hydrogen (secondary N) is 1. The fraction of sp³-hybridized carbons (Fsp3) is 0.467. The third-order valence-electron chi connectivity index (χ3n) is 3.65. The molecule has 5 nitrogen and oxygen atoms in total. The van der Waals surface area contributed by atoms with Crippen LogP contribution in [0.1, 0.15) is 23.2 Å². The molecule has 0 radical (unpaired) electrons. The molecule has 3 N–H and O–H groups in total. The van der Waals surface area contributed by atoms with Gasteiger partial charge in [0.25, 0.3) is 5.91 Å². The van der Waals surface area contributed by atoms with E-state index in [4.69, 9.17) is 22.7 Å². The molecule has 0 spiro atoms. The molecule has 0 aromatic heterocycles. The van der Waals surface area contributed by atoms with Gasteiger partial charge >= 0.3 is 0 Å². The highest BCUT2D eigenvalue weighted by atomic mass is 32.1. The van der Waals surface area contributed by atoms with Crippen LogP contribution in [0.15, 0.2) is 24.3 Å². The number of piperidine rings is 1. The van der Waals surface area contributed by atoms with Crippen molar-refractivity contribution in [3.63, 3.8) is 0 Å². The van der Waals surface area contributed by atoms with Crippen molar-refractivity contribution < 1.29 is 9.53 Å². The molecule has 0 saturated carbocycles. The summed E-state index contributed by atoms with van der Waals surface area (Å²) in [4.78, 5) is 14.9. The summed E-state index contributed by atoms with van der Waals surface area (Å²) in [5.74, 6) is 0.711. The SMILES string of the molecule is COc1ccc(C(=O)NC2CCN(CC(N)=S)CC2)cc1.